The fraction of sp³-hybridized carbons (Fsp3) is 0.692. The highest BCUT2D eigenvalue weighted by atomic mass is 35.5. The van der Waals surface area contributed by atoms with E-state index >= 15 is 0 Å². The number of hydrogen-bond donors (Lipinski definition) is 1. The summed E-state index contributed by atoms with van der Waals surface area (Å²) in [6, 6.07) is 0.666. The van der Waals surface area contributed by atoms with Gasteiger partial charge in [-0.1, -0.05) is 6.42 Å². The Kier molecular flexibility index (Phi) is 5.34. The zero-order valence-corrected chi connectivity index (χ0v) is 12.0. The van der Waals surface area contributed by atoms with E-state index in [4.69, 9.17) is 11.6 Å². The minimum atomic E-state index is -0.462. The van der Waals surface area contributed by atoms with Crippen LogP contribution in [0.4, 0.5) is 10.2 Å². The molecule has 106 valence electrons. The van der Waals surface area contributed by atoms with Crippen molar-refractivity contribution in [3.05, 3.63) is 17.3 Å². The van der Waals surface area contributed by atoms with Crippen molar-refractivity contribution in [1.82, 2.24) is 14.9 Å². The monoisotopic (exact) mass is 286 g/mol. The summed E-state index contributed by atoms with van der Waals surface area (Å²) in [5, 5.41) is 3.03. The average molecular weight is 287 g/mol. The van der Waals surface area contributed by atoms with Crippen LogP contribution in [0.2, 0.25) is 5.28 Å². The van der Waals surface area contributed by atoms with Crippen molar-refractivity contribution in [3.8, 4) is 0 Å². The fourth-order valence-electron chi connectivity index (χ4n) is 2.45. The Labute approximate surface area is 118 Å². The molecule has 1 aliphatic rings. The number of anilines is 1. The first-order valence-corrected chi connectivity index (χ1v) is 7.20. The lowest BCUT2D eigenvalue weighted by atomic mass is 10.0. The van der Waals surface area contributed by atoms with Crippen molar-refractivity contribution in [2.45, 2.75) is 38.6 Å². The molecule has 1 aromatic heterocycles. The predicted octanol–water partition coefficient (Wildman–Crippen LogP) is 2.95. The molecule has 1 unspecified atom stereocenters. The van der Waals surface area contributed by atoms with Crippen LogP contribution in [0.5, 0.6) is 0 Å². The lowest BCUT2D eigenvalue weighted by Crippen LogP contribution is -2.38. The van der Waals surface area contributed by atoms with Gasteiger partial charge >= 0.3 is 0 Å². The SMILES string of the molecule is CC1CCCCN1CCCNc1nc(Cl)ncc1F. The molecule has 1 aromatic rings. The van der Waals surface area contributed by atoms with Gasteiger partial charge in [-0.15, -0.1) is 0 Å². The van der Waals surface area contributed by atoms with E-state index < -0.39 is 5.82 Å². The Hall–Kier alpha value is -0.940. The summed E-state index contributed by atoms with van der Waals surface area (Å²) in [6.45, 7) is 5.17. The van der Waals surface area contributed by atoms with Gasteiger partial charge in [0.15, 0.2) is 11.6 Å². The highest BCUT2D eigenvalue weighted by molar-refractivity contribution is 6.28. The molecule has 1 fully saturated rings. The second-order valence-corrected chi connectivity index (χ2v) is 5.33. The van der Waals surface area contributed by atoms with Gasteiger partial charge in [0.25, 0.3) is 0 Å². The molecule has 0 bridgehead atoms. The lowest BCUT2D eigenvalue weighted by Gasteiger charge is -2.33. The molecule has 1 N–H and O–H groups in total. The summed E-state index contributed by atoms with van der Waals surface area (Å²) >= 11 is 5.63. The van der Waals surface area contributed by atoms with Crippen LogP contribution in [0.15, 0.2) is 6.20 Å². The van der Waals surface area contributed by atoms with Crippen LogP contribution in [0.1, 0.15) is 32.6 Å². The van der Waals surface area contributed by atoms with E-state index in [1.807, 2.05) is 0 Å². The third-order valence-electron chi connectivity index (χ3n) is 3.57. The van der Waals surface area contributed by atoms with E-state index in [0.29, 0.717) is 12.6 Å². The molecule has 1 aliphatic heterocycles. The zero-order chi connectivity index (χ0) is 13.7. The third kappa shape index (κ3) is 4.28. The minimum Gasteiger partial charge on any atom is -0.367 e. The molecule has 0 aromatic carbocycles. The first-order chi connectivity index (χ1) is 9.16. The maximum atomic E-state index is 13.4. The highest BCUT2D eigenvalue weighted by Crippen LogP contribution is 2.16. The van der Waals surface area contributed by atoms with Crippen molar-refractivity contribution in [1.29, 1.82) is 0 Å². The Morgan fingerprint density at radius 2 is 2.37 bits per heavy atom. The number of hydrogen-bond acceptors (Lipinski definition) is 4. The maximum Gasteiger partial charge on any atom is 0.224 e. The number of halogens is 2. The third-order valence-corrected chi connectivity index (χ3v) is 3.75. The smallest absolute Gasteiger partial charge is 0.224 e. The summed E-state index contributed by atoms with van der Waals surface area (Å²) < 4.78 is 13.4. The second-order valence-electron chi connectivity index (χ2n) is 5.00. The van der Waals surface area contributed by atoms with Gasteiger partial charge < -0.3 is 10.2 Å². The molecule has 0 amide bonds. The number of aromatic nitrogens is 2. The molecule has 1 saturated heterocycles. The van der Waals surface area contributed by atoms with Crippen molar-refractivity contribution in [2.24, 2.45) is 0 Å². The van der Waals surface area contributed by atoms with Crippen LogP contribution in [0, 0.1) is 5.82 Å². The number of piperidine rings is 1. The summed E-state index contributed by atoms with van der Waals surface area (Å²) in [7, 11) is 0. The van der Waals surface area contributed by atoms with Crippen molar-refractivity contribution >= 4 is 17.4 Å². The molecule has 0 saturated carbocycles. The van der Waals surface area contributed by atoms with E-state index in [9.17, 15) is 4.39 Å². The van der Waals surface area contributed by atoms with Gasteiger partial charge in [-0.2, -0.15) is 4.98 Å². The van der Waals surface area contributed by atoms with Gasteiger partial charge in [-0.25, -0.2) is 9.37 Å². The van der Waals surface area contributed by atoms with Crippen LogP contribution in [-0.2, 0) is 0 Å². The van der Waals surface area contributed by atoms with E-state index in [1.54, 1.807) is 0 Å². The Morgan fingerprint density at radius 3 is 3.16 bits per heavy atom. The van der Waals surface area contributed by atoms with Crippen LogP contribution < -0.4 is 5.32 Å². The maximum absolute atomic E-state index is 13.4. The topological polar surface area (TPSA) is 41.0 Å². The Bertz CT molecular complexity index is 416. The molecule has 6 heteroatoms. The lowest BCUT2D eigenvalue weighted by molar-refractivity contribution is 0.160. The van der Waals surface area contributed by atoms with E-state index in [1.165, 1.54) is 25.8 Å². The Balaban J connectivity index is 1.73. The molecule has 0 radical (unpaired) electrons. The minimum absolute atomic E-state index is 0.0635. The number of nitrogens with zero attached hydrogens (tertiary/aromatic N) is 3. The Morgan fingerprint density at radius 1 is 1.53 bits per heavy atom. The van der Waals surface area contributed by atoms with Crippen molar-refractivity contribution < 1.29 is 4.39 Å². The van der Waals surface area contributed by atoms with Gasteiger partial charge in [0.1, 0.15) is 0 Å². The first-order valence-electron chi connectivity index (χ1n) is 6.83. The van der Waals surface area contributed by atoms with Crippen molar-refractivity contribution in [2.75, 3.05) is 25.0 Å². The molecule has 1 atom stereocenters. The zero-order valence-electron chi connectivity index (χ0n) is 11.2. The van der Waals surface area contributed by atoms with E-state index in [2.05, 4.69) is 27.1 Å². The van der Waals surface area contributed by atoms with Gasteiger partial charge in [0.05, 0.1) is 6.20 Å². The normalized spacial score (nSPS) is 20.5. The molecular formula is C13H20ClFN4. The van der Waals surface area contributed by atoms with E-state index in [0.717, 1.165) is 19.2 Å². The van der Waals surface area contributed by atoms with E-state index in [-0.39, 0.29) is 11.1 Å². The van der Waals surface area contributed by atoms with Crippen LogP contribution in [-0.4, -0.2) is 40.5 Å². The molecule has 4 nitrogen and oxygen atoms in total. The predicted molar refractivity (Wildman–Crippen MR) is 75.0 cm³/mol. The van der Waals surface area contributed by atoms with Crippen LogP contribution >= 0.6 is 11.6 Å². The standard InChI is InChI=1S/C13H20ClFN4/c1-10-5-2-3-7-19(10)8-4-6-16-12-11(15)9-17-13(14)18-12/h9-10H,2-8H2,1H3,(H,16,17,18). The highest BCUT2D eigenvalue weighted by Gasteiger charge is 2.17. The number of likely N-dealkylation sites (tertiary alicyclic amines) is 1. The van der Waals surface area contributed by atoms with Crippen LogP contribution in [0.3, 0.4) is 0 Å². The van der Waals surface area contributed by atoms with Crippen molar-refractivity contribution in [3.63, 3.8) is 0 Å². The second kappa shape index (κ2) is 7.01. The summed E-state index contributed by atoms with van der Waals surface area (Å²) in [5.41, 5.74) is 0. The van der Waals surface area contributed by atoms with Gasteiger partial charge in [-0.05, 0) is 44.3 Å². The summed E-state index contributed by atoms with van der Waals surface area (Å²) in [4.78, 5) is 9.90. The molecular weight excluding hydrogens is 267 g/mol. The van der Waals surface area contributed by atoms with Crippen LogP contribution in [0.25, 0.3) is 0 Å². The van der Waals surface area contributed by atoms with Gasteiger partial charge in [-0.3, -0.25) is 0 Å². The number of rotatable bonds is 5. The number of nitrogens with one attached hydrogen (secondary N) is 1. The van der Waals surface area contributed by atoms with Gasteiger partial charge in [0, 0.05) is 19.1 Å². The van der Waals surface area contributed by atoms with Gasteiger partial charge in [0.2, 0.25) is 5.28 Å². The summed E-state index contributed by atoms with van der Waals surface area (Å²) in [5.74, 6) is -0.276. The molecule has 2 rings (SSSR count). The molecule has 19 heavy (non-hydrogen) atoms. The molecule has 2 heterocycles. The quantitative estimate of drug-likeness (QED) is 0.667. The fourth-order valence-corrected chi connectivity index (χ4v) is 2.58. The average Bonchev–Trinajstić information content (AvgIpc) is 2.40. The molecule has 0 spiro atoms. The summed E-state index contributed by atoms with van der Waals surface area (Å²) in [6.07, 6.45) is 5.95. The largest absolute Gasteiger partial charge is 0.367 e. The first kappa shape index (κ1) is 14.5. The molecule has 0 aliphatic carbocycles.